The number of nitrogens with zero attached hydrogens (tertiary/aromatic N) is 4. The van der Waals surface area contributed by atoms with Crippen LogP contribution >= 0.6 is 11.8 Å². The Morgan fingerprint density at radius 2 is 1.87 bits per heavy atom. The van der Waals surface area contributed by atoms with E-state index in [0.29, 0.717) is 17.4 Å². The Hall–Kier alpha value is -3.39. The van der Waals surface area contributed by atoms with Gasteiger partial charge in [0.25, 0.3) is 0 Å². The van der Waals surface area contributed by atoms with Crippen LogP contribution in [0.1, 0.15) is 12.5 Å². The number of nitrogens with one attached hydrogen (secondary N) is 1. The minimum absolute atomic E-state index is 0.103. The molecule has 0 aliphatic rings. The fraction of sp³-hybridized carbons (Fsp3) is 0.182. The van der Waals surface area contributed by atoms with Gasteiger partial charge in [-0.15, -0.1) is 10.2 Å². The monoisotopic (exact) mass is 419 g/mol. The van der Waals surface area contributed by atoms with Gasteiger partial charge in [-0.1, -0.05) is 30.0 Å². The molecule has 2 heterocycles. The van der Waals surface area contributed by atoms with Crippen LogP contribution in [0, 0.1) is 6.92 Å². The number of aromatic nitrogens is 4. The average Bonchev–Trinajstić information content (AvgIpc) is 3.17. The molecule has 1 N–H and O–H groups in total. The van der Waals surface area contributed by atoms with Gasteiger partial charge in [-0.2, -0.15) is 9.61 Å². The molecule has 0 fully saturated rings. The van der Waals surface area contributed by atoms with E-state index < -0.39 is 0 Å². The van der Waals surface area contributed by atoms with Gasteiger partial charge >= 0.3 is 0 Å². The van der Waals surface area contributed by atoms with Crippen LogP contribution < -0.4 is 10.1 Å². The SMILES string of the molecule is CCOc1ccc(-c2ccc3nnc(SCC(=O)Nc4ccccc4C)n3n2)cc1. The maximum Gasteiger partial charge on any atom is 0.234 e. The Morgan fingerprint density at radius 1 is 1.07 bits per heavy atom. The van der Waals surface area contributed by atoms with Crippen LogP contribution in [-0.2, 0) is 4.79 Å². The number of anilines is 1. The molecule has 0 saturated carbocycles. The third kappa shape index (κ3) is 4.44. The molecule has 0 radical (unpaired) electrons. The number of hydrogen-bond donors (Lipinski definition) is 1. The molecule has 152 valence electrons. The summed E-state index contributed by atoms with van der Waals surface area (Å²) in [6.45, 7) is 4.54. The zero-order valence-electron chi connectivity index (χ0n) is 16.7. The molecule has 0 bridgehead atoms. The lowest BCUT2D eigenvalue weighted by Gasteiger charge is -2.07. The van der Waals surface area contributed by atoms with E-state index in [0.717, 1.165) is 28.3 Å². The molecule has 0 aliphatic carbocycles. The summed E-state index contributed by atoms with van der Waals surface area (Å²) in [5, 5.41) is 16.5. The number of para-hydroxylation sites is 1. The quantitative estimate of drug-likeness (QED) is 0.452. The van der Waals surface area contributed by atoms with Gasteiger partial charge < -0.3 is 10.1 Å². The van der Waals surface area contributed by atoms with E-state index >= 15 is 0 Å². The van der Waals surface area contributed by atoms with Gasteiger partial charge in [-0.05, 0) is 61.9 Å². The zero-order chi connectivity index (χ0) is 20.9. The molecule has 8 heteroatoms. The third-order valence-electron chi connectivity index (χ3n) is 4.45. The largest absolute Gasteiger partial charge is 0.494 e. The van der Waals surface area contributed by atoms with Crippen molar-refractivity contribution >= 4 is 29.0 Å². The number of amides is 1. The number of carbonyl (C=O) groups is 1. The number of thioether (sulfide) groups is 1. The molecule has 7 nitrogen and oxygen atoms in total. The number of aryl methyl sites for hydroxylation is 1. The summed E-state index contributed by atoms with van der Waals surface area (Å²) in [5.41, 5.74) is 4.21. The molecule has 0 atom stereocenters. The van der Waals surface area contributed by atoms with Crippen LogP contribution in [0.15, 0.2) is 65.8 Å². The highest BCUT2D eigenvalue weighted by atomic mass is 32.2. The summed E-state index contributed by atoms with van der Waals surface area (Å²) in [6.07, 6.45) is 0. The van der Waals surface area contributed by atoms with Gasteiger partial charge in [0.05, 0.1) is 18.1 Å². The van der Waals surface area contributed by atoms with Crippen molar-refractivity contribution in [3.8, 4) is 17.0 Å². The van der Waals surface area contributed by atoms with E-state index in [-0.39, 0.29) is 11.7 Å². The van der Waals surface area contributed by atoms with Crippen molar-refractivity contribution in [2.24, 2.45) is 0 Å². The number of benzene rings is 2. The number of carbonyl (C=O) groups excluding carboxylic acids is 1. The smallest absolute Gasteiger partial charge is 0.234 e. The first-order valence-corrected chi connectivity index (χ1v) is 10.6. The summed E-state index contributed by atoms with van der Waals surface area (Å²) in [5.74, 6) is 0.931. The lowest BCUT2D eigenvalue weighted by Crippen LogP contribution is -2.15. The van der Waals surface area contributed by atoms with Crippen LogP contribution in [-0.4, -0.2) is 38.1 Å². The Balaban J connectivity index is 1.49. The number of ether oxygens (including phenoxy) is 1. The van der Waals surface area contributed by atoms with E-state index in [4.69, 9.17) is 4.74 Å². The number of fused-ring (bicyclic) bond motifs is 1. The molecular weight excluding hydrogens is 398 g/mol. The fourth-order valence-corrected chi connectivity index (χ4v) is 3.62. The zero-order valence-corrected chi connectivity index (χ0v) is 17.5. The summed E-state index contributed by atoms with van der Waals surface area (Å²) in [7, 11) is 0. The fourth-order valence-electron chi connectivity index (χ4n) is 2.93. The number of hydrogen-bond acceptors (Lipinski definition) is 6. The third-order valence-corrected chi connectivity index (χ3v) is 5.37. The van der Waals surface area contributed by atoms with E-state index in [1.807, 2.05) is 74.5 Å². The molecule has 0 saturated heterocycles. The molecule has 2 aromatic carbocycles. The lowest BCUT2D eigenvalue weighted by molar-refractivity contribution is -0.113. The summed E-state index contributed by atoms with van der Waals surface area (Å²) in [4.78, 5) is 12.3. The predicted molar refractivity (Wildman–Crippen MR) is 118 cm³/mol. The molecular formula is C22H21N5O2S. The van der Waals surface area contributed by atoms with Crippen molar-refractivity contribution < 1.29 is 9.53 Å². The molecule has 4 aromatic rings. The van der Waals surface area contributed by atoms with Crippen LogP contribution in [0.2, 0.25) is 0 Å². The van der Waals surface area contributed by atoms with E-state index in [1.54, 1.807) is 4.52 Å². The second-order valence-corrected chi connectivity index (χ2v) is 7.52. The molecule has 2 aromatic heterocycles. The first-order chi connectivity index (χ1) is 14.6. The Kier molecular flexibility index (Phi) is 5.94. The van der Waals surface area contributed by atoms with Crippen molar-refractivity contribution in [1.29, 1.82) is 0 Å². The average molecular weight is 420 g/mol. The van der Waals surface area contributed by atoms with Gasteiger partial charge in [-0.25, -0.2) is 0 Å². The minimum atomic E-state index is -0.103. The summed E-state index contributed by atoms with van der Waals surface area (Å²) < 4.78 is 7.16. The Morgan fingerprint density at radius 3 is 2.63 bits per heavy atom. The Labute approximate surface area is 178 Å². The van der Waals surface area contributed by atoms with E-state index in [9.17, 15) is 4.79 Å². The molecule has 4 rings (SSSR count). The summed E-state index contributed by atoms with van der Waals surface area (Å²) in [6, 6.07) is 19.2. The molecule has 1 amide bonds. The number of rotatable bonds is 7. The van der Waals surface area contributed by atoms with Crippen molar-refractivity contribution in [3.05, 3.63) is 66.2 Å². The molecule has 0 spiro atoms. The van der Waals surface area contributed by atoms with Crippen LogP contribution in [0.25, 0.3) is 16.9 Å². The van der Waals surface area contributed by atoms with Crippen LogP contribution in [0.3, 0.4) is 0 Å². The topological polar surface area (TPSA) is 81.4 Å². The Bertz CT molecular complexity index is 1170. The van der Waals surface area contributed by atoms with Crippen molar-refractivity contribution in [2.45, 2.75) is 19.0 Å². The van der Waals surface area contributed by atoms with E-state index in [1.165, 1.54) is 11.8 Å². The highest BCUT2D eigenvalue weighted by molar-refractivity contribution is 7.99. The minimum Gasteiger partial charge on any atom is -0.494 e. The van der Waals surface area contributed by atoms with Crippen molar-refractivity contribution in [1.82, 2.24) is 19.8 Å². The highest BCUT2D eigenvalue weighted by Gasteiger charge is 2.12. The lowest BCUT2D eigenvalue weighted by atomic mass is 10.1. The van der Waals surface area contributed by atoms with Gasteiger partial charge in [-0.3, -0.25) is 4.79 Å². The van der Waals surface area contributed by atoms with Gasteiger partial charge in [0.1, 0.15) is 5.75 Å². The van der Waals surface area contributed by atoms with Gasteiger partial charge in [0.2, 0.25) is 11.1 Å². The molecule has 0 aliphatic heterocycles. The van der Waals surface area contributed by atoms with Crippen LogP contribution in [0.4, 0.5) is 5.69 Å². The summed E-state index contributed by atoms with van der Waals surface area (Å²) >= 11 is 1.30. The first kappa shape index (κ1) is 19.9. The first-order valence-electron chi connectivity index (χ1n) is 9.58. The second kappa shape index (κ2) is 8.96. The predicted octanol–water partition coefficient (Wildman–Crippen LogP) is 4.23. The van der Waals surface area contributed by atoms with Crippen molar-refractivity contribution in [3.63, 3.8) is 0 Å². The molecule has 30 heavy (non-hydrogen) atoms. The van der Waals surface area contributed by atoms with Gasteiger partial charge in [0, 0.05) is 11.3 Å². The standard InChI is InChI=1S/C22H21N5O2S/c1-3-29-17-10-8-16(9-11-17)19-12-13-20-24-25-22(27(20)26-19)30-14-21(28)23-18-7-5-4-6-15(18)2/h4-13H,3,14H2,1-2H3,(H,23,28). The maximum atomic E-state index is 12.3. The second-order valence-electron chi connectivity index (χ2n) is 6.58. The van der Waals surface area contributed by atoms with Gasteiger partial charge in [0.15, 0.2) is 5.65 Å². The van der Waals surface area contributed by atoms with E-state index in [2.05, 4.69) is 20.6 Å². The molecule has 0 unspecified atom stereocenters. The maximum absolute atomic E-state index is 12.3. The van der Waals surface area contributed by atoms with Crippen molar-refractivity contribution in [2.75, 3.05) is 17.7 Å². The van der Waals surface area contributed by atoms with Crippen LogP contribution in [0.5, 0.6) is 5.75 Å². The highest BCUT2D eigenvalue weighted by Crippen LogP contribution is 2.23. The normalized spacial score (nSPS) is 10.9.